The zero-order valence-corrected chi connectivity index (χ0v) is 19.7. The zero-order valence-electron chi connectivity index (χ0n) is 18.9. The van der Waals surface area contributed by atoms with Crippen molar-refractivity contribution in [3.63, 3.8) is 0 Å². The molecule has 0 radical (unpaired) electrons. The number of aromatic nitrogens is 1. The van der Waals surface area contributed by atoms with Crippen LogP contribution in [0.25, 0.3) is 11.1 Å². The van der Waals surface area contributed by atoms with Gasteiger partial charge in [-0.25, -0.2) is 8.42 Å². The van der Waals surface area contributed by atoms with Gasteiger partial charge in [-0.2, -0.15) is 0 Å². The molecule has 0 atom stereocenters. The Hall–Kier alpha value is -3.52. The summed E-state index contributed by atoms with van der Waals surface area (Å²) in [5.41, 5.74) is 6.25. The third kappa shape index (κ3) is 4.86. The Morgan fingerprint density at radius 2 is 1.72 bits per heavy atom. The predicted molar refractivity (Wildman–Crippen MR) is 133 cm³/mol. The number of hydrogen-bond donors (Lipinski definition) is 2. The standard InChI is InChI=1S/C24H28N4O3S/c1-7-32(30,31)26-19-11-12-21(25-23-16(2)9-8-10-17(23)3)20(14-19)18-13-22(27(4)5)24(29)28(6)15-18/h7-15,25-26H,1H2,2-6H3. The van der Waals surface area contributed by atoms with Crippen molar-refractivity contribution in [3.05, 3.63) is 82.1 Å². The number of aryl methyl sites for hydroxylation is 3. The number of para-hydroxylation sites is 1. The highest BCUT2D eigenvalue weighted by Crippen LogP contribution is 2.35. The van der Waals surface area contributed by atoms with Crippen LogP contribution in [0.4, 0.5) is 22.7 Å². The fraction of sp³-hybridized carbons (Fsp3) is 0.208. The topological polar surface area (TPSA) is 83.4 Å². The number of anilines is 4. The van der Waals surface area contributed by atoms with Crippen molar-refractivity contribution in [2.45, 2.75) is 13.8 Å². The average Bonchev–Trinajstić information content (AvgIpc) is 2.73. The summed E-state index contributed by atoms with van der Waals surface area (Å²) in [6, 6.07) is 13.1. The highest BCUT2D eigenvalue weighted by molar-refractivity contribution is 7.95. The number of sulfonamides is 1. The third-order valence-electron chi connectivity index (χ3n) is 5.20. The molecular weight excluding hydrogens is 424 g/mol. The zero-order chi connectivity index (χ0) is 23.6. The number of nitrogens with one attached hydrogen (secondary N) is 2. The van der Waals surface area contributed by atoms with Crippen molar-refractivity contribution in [3.8, 4) is 11.1 Å². The van der Waals surface area contributed by atoms with Crippen LogP contribution in [-0.4, -0.2) is 27.1 Å². The number of benzene rings is 2. The van der Waals surface area contributed by atoms with E-state index in [0.29, 0.717) is 11.4 Å². The van der Waals surface area contributed by atoms with Crippen molar-refractivity contribution >= 4 is 32.8 Å². The van der Waals surface area contributed by atoms with Crippen LogP contribution in [-0.2, 0) is 17.1 Å². The smallest absolute Gasteiger partial charge is 0.273 e. The van der Waals surface area contributed by atoms with Gasteiger partial charge < -0.3 is 14.8 Å². The summed E-state index contributed by atoms with van der Waals surface area (Å²) >= 11 is 0. The molecule has 7 nitrogen and oxygen atoms in total. The summed E-state index contributed by atoms with van der Waals surface area (Å²) < 4.78 is 28.1. The lowest BCUT2D eigenvalue weighted by Crippen LogP contribution is -2.25. The molecule has 1 heterocycles. The SMILES string of the molecule is C=CS(=O)(=O)Nc1ccc(Nc2c(C)cccc2C)c(-c2cc(N(C)C)c(=O)n(C)c2)c1. The Labute approximate surface area is 189 Å². The van der Waals surface area contributed by atoms with E-state index in [4.69, 9.17) is 0 Å². The highest BCUT2D eigenvalue weighted by Gasteiger charge is 2.15. The Morgan fingerprint density at radius 1 is 1.06 bits per heavy atom. The van der Waals surface area contributed by atoms with Gasteiger partial charge in [0.05, 0.1) is 0 Å². The Bertz CT molecular complexity index is 1320. The molecular formula is C24H28N4O3S. The minimum Gasteiger partial charge on any atom is -0.373 e. The van der Waals surface area contributed by atoms with Gasteiger partial charge in [0.15, 0.2) is 0 Å². The predicted octanol–water partition coefficient (Wildman–Crippen LogP) is 4.36. The van der Waals surface area contributed by atoms with Crippen molar-refractivity contribution in [1.82, 2.24) is 4.57 Å². The molecule has 0 unspecified atom stereocenters. The lowest BCUT2D eigenvalue weighted by Gasteiger charge is -2.20. The van der Waals surface area contributed by atoms with E-state index in [1.807, 2.05) is 52.2 Å². The summed E-state index contributed by atoms with van der Waals surface area (Å²) in [5.74, 6) is 0. The van der Waals surface area contributed by atoms with Gasteiger partial charge in [-0.1, -0.05) is 24.8 Å². The van der Waals surface area contributed by atoms with Gasteiger partial charge in [0.2, 0.25) is 0 Å². The molecule has 0 fully saturated rings. The van der Waals surface area contributed by atoms with Gasteiger partial charge in [-0.3, -0.25) is 9.52 Å². The average molecular weight is 453 g/mol. The molecule has 3 rings (SSSR count). The number of rotatable bonds is 7. The van der Waals surface area contributed by atoms with Crippen LogP contribution in [0.1, 0.15) is 11.1 Å². The molecule has 0 bridgehead atoms. The fourth-order valence-corrected chi connectivity index (χ4v) is 4.01. The summed E-state index contributed by atoms with van der Waals surface area (Å²) in [4.78, 5) is 14.3. The normalized spacial score (nSPS) is 11.2. The van der Waals surface area contributed by atoms with E-state index in [2.05, 4.69) is 16.6 Å². The second-order valence-corrected chi connectivity index (χ2v) is 9.52. The van der Waals surface area contributed by atoms with Crippen LogP contribution in [0.3, 0.4) is 0 Å². The van der Waals surface area contributed by atoms with E-state index >= 15 is 0 Å². The van der Waals surface area contributed by atoms with Crippen LogP contribution in [0.15, 0.2) is 65.4 Å². The minimum atomic E-state index is -3.66. The first-order chi connectivity index (χ1) is 15.0. The molecule has 0 spiro atoms. The minimum absolute atomic E-state index is 0.119. The lowest BCUT2D eigenvalue weighted by atomic mass is 10.0. The Kier molecular flexibility index (Phi) is 6.45. The molecule has 0 saturated heterocycles. The van der Waals surface area contributed by atoms with Crippen molar-refractivity contribution in [2.24, 2.45) is 7.05 Å². The molecule has 0 amide bonds. The quantitative estimate of drug-likeness (QED) is 0.556. The largest absolute Gasteiger partial charge is 0.373 e. The van der Waals surface area contributed by atoms with Crippen molar-refractivity contribution < 1.29 is 8.42 Å². The van der Waals surface area contributed by atoms with Gasteiger partial charge in [-0.05, 0) is 49.2 Å². The molecule has 3 aromatic rings. The molecule has 0 aliphatic heterocycles. The molecule has 1 aromatic heterocycles. The van der Waals surface area contributed by atoms with Crippen LogP contribution >= 0.6 is 0 Å². The van der Waals surface area contributed by atoms with E-state index in [9.17, 15) is 13.2 Å². The summed E-state index contributed by atoms with van der Waals surface area (Å²) in [6.45, 7) is 7.40. The molecule has 0 aliphatic carbocycles. The monoisotopic (exact) mass is 452 g/mol. The maximum Gasteiger partial charge on any atom is 0.273 e. The summed E-state index contributed by atoms with van der Waals surface area (Å²) in [7, 11) is 1.65. The molecule has 32 heavy (non-hydrogen) atoms. The van der Waals surface area contributed by atoms with E-state index in [1.165, 1.54) is 4.57 Å². The molecule has 0 saturated carbocycles. The number of pyridine rings is 1. The summed E-state index contributed by atoms with van der Waals surface area (Å²) in [6.07, 6.45) is 1.74. The maximum atomic E-state index is 12.6. The molecule has 2 aromatic carbocycles. The first-order valence-electron chi connectivity index (χ1n) is 10.0. The van der Waals surface area contributed by atoms with Crippen molar-refractivity contribution in [2.75, 3.05) is 29.0 Å². The van der Waals surface area contributed by atoms with Crippen molar-refractivity contribution in [1.29, 1.82) is 0 Å². The van der Waals surface area contributed by atoms with Crippen LogP contribution in [0.5, 0.6) is 0 Å². The van der Waals surface area contributed by atoms with E-state index in [1.54, 1.807) is 36.3 Å². The van der Waals surface area contributed by atoms with Gasteiger partial charge in [0, 0.05) is 60.9 Å². The Balaban J connectivity index is 2.23. The van der Waals surface area contributed by atoms with Gasteiger partial charge in [-0.15, -0.1) is 0 Å². The van der Waals surface area contributed by atoms with Crippen LogP contribution < -0.4 is 20.5 Å². The second-order valence-electron chi connectivity index (χ2n) is 7.89. The van der Waals surface area contributed by atoms with Gasteiger partial charge in [0.25, 0.3) is 15.6 Å². The first-order valence-corrected chi connectivity index (χ1v) is 11.6. The third-order valence-corrected chi connectivity index (χ3v) is 6.16. The lowest BCUT2D eigenvalue weighted by molar-refractivity contribution is 0.609. The highest BCUT2D eigenvalue weighted by atomic mass is 32.2. The molecule has 0 aliphatic rings. The molecule has 168 valence electrons. The molecule has 2 N–H and O–H groups in total. The van der Waals surface area contributed by atoms with E-state index < -0.39 is 10.0 Å². The van der Waals surface area contributed by atoms with E-state index in [0.717, 1.165) is 39.0 Å². The second kappa shape index (κ2) is 8.92. The van der Waals surface area contributed by atoms with Crippen LogP contribution in [0.2, 0.25) is 0 Å². The van der Waals surface area contributed by atoms with Gasteiger partial charge in [0.1, 0.15) is 5.69 Å². The number of hydrogen-bond acceptors (Lipinski definition) is 5. The molecule has 8 heteroatoms. The number of nitrogens with zero attached hydrogens (tertiary/aromatic N) is 2. The van der Waals surface area contributed by atoms with Crippen LogP contribution in [0, 0.1) is 13.8 Å². The first kappa shape index (κ1) is 23.1. The fourth-order valence-electron chi connectivity index (χ4n) is 3.47. The maximum absolute atomic E-state index is 12.6. The summed E-state index contributed by atoms with van der Waals surface area (Å²) in [5, 5.41) is 4.36. The van der Waals surface area contributed by atoms with E-state index in [-0.39, 0.29) is 5.56 Å². The Morgan fingerprint density at radius 3 is 2.31 bits per heavy atom. The van der Waals surface area contributed by atoms with Gasteiger partial charge >= 0.3 is 0 Å².